The minimum atomic E-state index is 0.112. The zero-order chi connectivity index (χ0) is 12.3. The van der Waals surface area contributed by atoms with Crippen molar-refractivity contribution in [3.05, 3.63) is 59.2 Å². The highest BCUT2D eigenvalue weighted by Gasteiger charge is 2.01. The molecule has 0 spiro atoms. The summed E-state index contributed by atoms with van der Waals surface area (Å²) in [5.74, 6) is 0. The number of hydrogen-bond acceptors (Lipinski definition) is 2. The summed E-state index contributed by atoms with van der Waals surface area (Å²) in [6, 6.07) is 14.7. The Kier molecular flexibility index (Phi) is 3.87. The molecular weight excluding hydrogens is 228 g/mol. The van der Waals surface area contributed by atoms with Crippen LogP contribution in [0.4, 0.5) is 0 Å². The van der Waals surface area contributed by atoms with Crippen molar-refractivity contribution in [1.82, 2.24) is 0 Å². The maximum Gasteiger partial charge on any atom is 0.0684 e. The average molecular weight is 244 g/mol. The molecule has 0 unspecified atom stereocenters. The van der Waals surface area contributed by atoms with E-state index in [1.807, 2.05) is 13.0 Å². The number of rotatable bonds is 3. The smallest absolute Gasteiger partial charge is 0.0684 e. The molecule has 0 saturated heterocycles. The molecule has 17 heavy (non-hydrogen) atoms. The van der Waals surface area contributed by atoms with E-state index in [4.69, 9.17) is 5.11 Å². The largest absolute Gasteiger partial charge is 0.392 e. The molecule has 0 aliphatic heterocycles. The van der Waals surface area contributed by atoms with Gasteiger partial charge in [0, 0.05) is 9.79 Å². The van der Waals surface area contributed by atoms with Gasteiger partial charge in [0.15, 0.2) is 0 Å². The van der Waals surface area contributed by atoms with Gasteiger partial charge in [0.2, 0.25) is 0 Å². The van der Waals surface area contributed by atoms with Crippen LogP contribution in [-0.4, -0.2) is 5.11 Å². The van der Waals surface area contributed by atoms with E-state index in [0.717, 1.165) is 11.1 Å². The SMILES string of the molecule is Cc1ccc(Sc2ccc(CO)c(C)c2)cc1. The minimum Gasteiger partial charge on any atom is -0.392 e. The summed E-state index contributed by atoms with van der Waals surface area (Å²) >= 11 is 1.75. The predicted octanol–water partition coefficient (Wildman–Crippen LogP) is 3.95. The van der Waals surface area contributed by atoms with Gasteiger partial charge in [0.25, 0.3) is 0 Å². The van der Waals surface area contributed by atoms with E-state index in [1.54, 1.807) is 11.8 Å². The molecule has 0 atom stereocenters. The van der Waals surface area contributed by atoms with E-state index < -0.39 is 0 Å². The lowest BCUT2D eigenvalue weighted by atomic mass is 10.1. The molecule has 0 fully saturated rings. The fraction of sp³-hybridized carbons (Fsp3) is 0.200. The van der Waals surface area contributed by atoms with Gasteiger partial charge in [0.05, 0.1) is 6.61 Å². The summed E-state index contributed by atoms with van der Waals surface area (Å²) in [4.78, 5) is 2.45. The summed E-state index contributed by atoms with van der Waals surface area (Å²) in [7, 11) is 0. The molecular formula is C15H16OS. The molecule has 0 radical (unpaired) electrons. The highest BCUT2D eigenvalue weighted by molar-refractivity contribution is 7.99. The lowest BCUT2D eigenvalue weighted by Crippen LogP contribution is -1.88. The second-order valence-electron chi connectivity index (χ2n) is 4.16. The van der Waals surface area contributed by atoms with E-state index in [-0.39, 0.29) is 6.61 Å². The average Bonchev–Trinajstić information content (AvgIpc) is 2.32. The van der Waals surface area contributed by atoms with Crippen molar-refractivity contribution in [2.45, 2.75) is 30.2 Å². The molecule has 1 N–H and O–H groups in total. The summed E-state index contributed by atoms with van der Waals surface area (Å²) < 4.78 is 0. The Morgan fingerprint density at radius 2 is 1.59 bits per heavy atom. The van der Waals surface area contributed by atoms with Crippen LogP contribution in [0.5, 0.6) is 0 Å². The van der Waals surface area contributed by atoms with E-state index in [1.165, 1.54) is 15.4 Å². The maximum atomic E-state index is 9.12. The minimum absolute atomic E-state index is 0.112. The molecule has 2 aromatic carbocycles. The van der Waals surface area contributed by atoms with E-state index in [9.17, 15) is 0 Å². The highest BCUT2D eigenvalue weighted by Crippen LogP contribution is 2.29. The molecule has 0 aliphatic rings. The predicted molar refractivity (Wildman–Crippen MR) is 72.4 cm³/mol. The lowest BCUT2D eigenvalue weighted by molar-refractivity contribution is 0.281. The van der Waals surface area contributed by atoms with Crippen LogP contribution in [0.25, 0.3) is 0 Å². The summed E-state index contributed by atoms with van der Waals surface area (Å²) in [6.07, 6.45) is 0. The number of benzene rings is 2. The Morgan fingerprint density at radius 3 is 2.18 bits per heavy atom. The van der Waals surface area contributed by atoms with Crippen molar-refractivity contribution in [3.63, 3.8) is 0 Å². The van der Waals surface area contributed by atoms with Crippen molar-refractivity contribution in [3.8, 4) is 0 Å². The molecule has 2 aromatic rings. The molecule has 0 aromatic heterocycles. The number of aliphatic hydroxyl groups excluding tert-OH is 1. The van der Waals surface area contributed by atoms with Crippen LogP contribution in [0.1, 0.15) is 16.7 Å². The van der Waals surface area contributed by atoms with Crippen LogP contribution in [0.3, 0.4) is 0 Å². The van der Waals surface area contributed by atoms with Crippen molar-refractivity contribution in [2.75, 3.05) is 0 Å². The maximum absolute atomic E-state index is 9.12. The number of aryl methyl sites for hydroxylation is 2. The van der Waals surface area contributed by atoms with Gasteiger partial charge >= 0.3 is 0 Å². The second-order valence-corrected chi connectivity index (χ2v) is 5.31. The van der Waals surface area contributed by atoms with Crippen LogP contribution in [0.2, 0.25) is 0 Å². The van der Waals surface area contributed by atoms with Gasteiger partial charge in [-0.1, -0.05) is 35.5 Å². The molecule has 88 valence electrons. The molecule has 2 rings (SSSR count). The molecule has 2 heteroatoms. The van der Waals surface area contributed by atoms with Crippen molar-refractivity contribution in [1.29, 1.82) is 0 Å². The first-order valence-corrected chi connectivity index (χ1v) is 6.45. The van der Waals surface area contributed by atoms with Crippen molar-refractivity contribution in [2.24, 2.45) is 0 Å². The Bertz CT molecular complexity index is 503. The molecule has 0 aliphatic carbocycles. The second kappa shape index (κ2) is 5.39. The van der Waals surface area contributed by atoms with Gasteiger partial charge in [-0.25, -0.2) is 0 Å². The lowest BCUT2D eigenvalue weighted by Gasteiger charge is -2.06. The molecule has 0 amide bonds. The first kappa shape index (κ1) is 12.2. The number of aliphatic hydroxyl groups is 1. The normalized spacial score (nSPS) is 10.5. The fourth-order valence-electron chi connectivity index (χ4n) is 1.65. The van der Waals surface area contributed by atoms with Gasteiger partial charge in [-0.05, 0) is 49.2 Å². The van der Waals surface area contributed by atoms with Gasteiger partial charge in [-0.2, -0.15) is 0 Å². The third-order valence-corrected chi connectivity index (χ3v) is 3.74. The summed E-state index contributed by atoms with van der Waals surface area (Å²) in [6.45, 7) is 4.24. The quantitative estimate of drug-likeness (QED) is 0.882. The van der Waals surface area contributed by atoms with E-state index in [0.29, 0.717) is 0 Å². The molecule has 1 nitrogen and oxygen atoms in total. The Hall–Kier alpha value is -1.25. The Labute approximate surface area is 107 Å². The van der Waals surface area contributed by atoms with Gasteiger partial charge in [-0.15, -0.1) is 0 Å². The van der Waals surface area contributed by atoms with Gasteiger partial charge in [-0.3, -0.25) is 0 Å². The third kappa shape index (κ3) is 3.11. The topological polar surface area (TPSA) is 20.2 Å². The van der Waals surface area contributed by atoms with Crippen LogP contribution in [0, 0.1) is 13.8 Å². The number of hydrogen-bond donors (Lipinski definition) is 1. The zero-order valence-corrected chi connectivity index (χ0v) is 10.9. The van der Waals surface area contributed by atoms with Crippen molar-refractivity contribution >= 4 is 11.8 Å². The molecule has 0 heterocycles. The summed E-state index contributed by atoms with van der Waals surface area (Å²) in [5.41, 5.74) is 3.42. The third-order valence-electron chi connectivity index (χ3n) is 2.74. The van der Waals surface area contributed by atoms with Crippen LogP contribution in [-0.2, 0) is 6.61 Å². The highest BCUT2D eigenvalue weighted by atomic mass is 32.2. The Balaban J connectivity index is 2.19. The van der Waals surface area contributed by atoms with Crippen LogP contribution >= 0.6 is 11.8 Å². The van der Waals surface area contributed by atoms with Crippen molar-refractivity contribution < 1.29 is 5.11 Å². The summed E-state index contributed by atoms with van der Waals surface area (Å²) in [5, 5.41) is 9.12. The standard InChI is InChI=1S/C15H16OS/c1-11-3-6-14(7-4-11)17-15-8-5-13(10-16)12(2)9-15/h3-9,16H,10H2,1-2H3. The Morgan fingerprint density at radius 1 is 0.941 bits per heavy atom. The molecule has 0 saturated carbocycles. The van der Waals surface area contributed by atoms with Gasteiger partial charge in [0.1, 0.15) is 0 Å². The van der Waals surface area contributed by atoms with E-state index in [2.05, 4.69) is 43.3 Å². The zero-order valence-electron chi connectivity index (χ0n) is 10.1. The van der Waals surface area contributed by atoms with Gasteiger partial charge < -0.3 is 5.11 Å². The first-order valence-electron chi connectivity index (χ1n) is 5.64. The van der Waals surface area contributed by atoms with Crippen LogP contribution in [0.15, 0.2) is 52.3 Å². The molecule has 0 bridgehead atoms. The fourth-order valence-corrected chi connectivity index (χ4v) is 2.57. The monoisotopic (exact) mass is 244 g/mol. The first-order chi connectivity index (χ1) is 8.19. The van der Waals surface area contributed by atoms with E-state index >= 15 is 0 Å². The van der Waals surface area contributed by atoms with Crippen LogP contribution < -0.4 is 0 Å².